The summed E-state index contributed by atoms with van der Waals surface area (Å²) in [6.07, 6.45) is -0.0756. The van der Waals surface area contributed by atoms with E-state index in [0.717, 1.165) is 11.8 Å². The van der Waals surface area contributed by atoms with E-state index in [4.69, 9.17) is 21.7 Å². The molecule has 1 aromatic rings. The molecule has 116 valence electrons. The lowest BCUT2D eigenvalue weighted by Gasteiger charge is -2.15. The first-order valence-electron chi connectivity index (χ1n) is 5.87. The molecule has 0 amide bonds. The van der Waals surface area contributed by atoms with Gasteiger partial charge in [0.1, 0.15) is 12.1 Å². The minimum Gasteiger partial charge on any atom is -0.504 e. The summed E-state index contributed by atoms with van der Waals surface area (Å²) in [5.74, 6) is -3.31. The van der Waals surface area contributed by atoms with Crippen LogP contribution in [0.4, 0.5) is 0 Å². The molecule has 0 aliphatic heterocycles. The maximum Gasteiger partial charge on any atom is 0.321 e. The SMILES string of the molecule is NC(CSc1c(C[C@H](N)C(=O)O)ccc(O)c1O)C(=O)O. The van der Waals surface area contributed by atoms with Crippen LogP contribution in [0.15, 0.2) is 17.0 Å². The summed E-state index contributed by atoms with van der Waals surface area (Å²) in [5.41, 5.74) is 11.2. The molecule has 1 unspecified atom stereocenters. The molecular formula is C12H16N2O6S. The van der Waals surface area contributed by atoms with Gasteiger partial charge in [0.25, 0.3) is 0 Å². The normalized spacial score (nSPS) is 13.6. The summed E-state index contributed by atoms with van der Waals surface area (Å²) < 4.78 is 0. The van der Waals surface area contributed by atoms with E-state index in [0.29, 0.717) is 5.56 Å². The fourth-order valence-corrected chi connectivity index (χ4v) is 2.56. The Morgan fingerprint density at radius 2 is 1.67 bits per heavy atom. The number of hydrogen-bond donors (Lipinski definition) is 6. The molecule has 0 aliphatic carbocycles. The fourth-order valence-electron chi connectivity index (χ4n) is 1.49. The summed E-state index contributed by atoms with van der Waals surface area (Å²) in [6, 6.07) is 0.298. The van der Waals surface area contributed by atoms with Crippen LogP contribution in [0.5, 0.6) is 11.5 Å². The maximum atomic E-state index is 10.8. The van der Waals surface area contributed by atoms with Crippen molar-refractivity contribution in [2.45, 2.75) is 23.4 Å². The molecule has 0 heterocycles. The van der Waals surface area contributed by atoms with Gasteiger partial charge in [-0.2, -0.15) is 0 Å². The van der Waals surface area contributed by atoms with E-state index in [1.54, 1.807) is 0 Å². The molecule has 0 bridgehead atoms. The third-order valence-electron chi connectivity index (χ3n) is 2.67. The number of thioether (sulfide) groups is 1. The number of phenolic OH excluding ortho intramolecular Hbond substituents is 2. The van der Waals surface area contributed by atoms with E-state index in [1.807, 2.05) is 0 Å². The largest absolute Gasteiger partial charge is 0.504 e. The average Bonchev–Trinajstić information content (AvgIpc) is 2.41. The van der Waals surface area contributed by atoms with Crippen molar-refractivity contribution < 1.29 is 30.0 Å². The Bertz CT molecular complexity index is 551. The highest BCUT2D eigenvalue weighted by Crippen LogP contribution is 2.39. The lowest BCUT2D eigenvalue weighted by molar-refractivity contribution is -0.139. The zero-order valence-electron chi connectivity index (χ0n) is 10.9. The second-order valence-electron chi connectivity index (χ2n) is 4.33. The van der Waals surface area contributed by atoms with Gasteiger partial charge in [-0.05, 0) is 18.1 Å². The van der Waals surface area contributed by atoms with Gasteiger partial charge in [0.15, 0.2) is 11.5 Å². The lowest BCUT2D eigenvalue weighted by atomic mass is 10.1. The predicted molar refractivity (Wildman–Crippen MR) is 75.4 cm³/mol. The van der Waals surface area contributed by atoms with Crippen LogP contribution in [-0.4, -0.2) is 50.2 Å². The average molecular weight is 316 g/mol. The molecular weight excluding hydrogens is 300 g/mol. The van der Waals surface area contributed by atoms with E-state index in [1.165, 1.54) is 12.1 Å². The zero-order chi connectivity index (χ0) is 16.2. The molecule has 9 heteroatoms. The number of nitrogens with two attached hydrogens (primary N) is 2. The number of carboxylic acid groups (broad SMARTS) is 2. The Morgan fingerprint density at radius 3 is 2.19 bits per heavy atom. The van der Waals surface area contributed by atoms with Crippen molar-refractivity contribution in [3.05, 3.63) is 17.7 Å². The highest BCUT2D eigenvalue weighted by atomic mass is 32.2. The second kappa shape index (κ2) is 7.16. The first kappa shape index (κ1) is 17.1. The number of benzene rings is 1. The van der Waals surface area contributed by atoms with Crippen molar-refractivity contribution in [1.82, 2.24) is 0 Å². The van der Waals surface area contributed by atoms with E-state index in [9.17, 15) is 19.8 Å². The number of phenols is 2. The molecule has 0 aromatic heterocycles. The van der Waals surface area contributed by atoms with E-state index in [-0.39, 0.29) is 17.1 Å². The number of carbonyl (C=O) groups is 2. The Labute approximate surface area is 124 Å². The molecule has 0 saturated carbocycles. The Hall–Kier alpha value is -1.97. The van der Waals surface area contributed by atoms with Gasteiger partial charge < -0.3 is 31.9 Å². The zero-order valence-corrected chi connectivity index (χ0v) is 11.7. The van der Waals surface area contributed by atoms with Gasteiger partial charge in [-0.15, -0.1) is 11.8 Å². The number of aromatic hydroxyl groups is 2. The molecule has 0 fully saturated rings. The lowest BCUT2D eigenvalue weighted by Crippen LogP contribution is -2.33. The van der Waals surface area contributed by atoms with Crippen LogP contribution in [0.25, 0.3) is 0 Å². The number of carboxylic acids is 2. The molecule has 21 heavy (non-hydrogen) atoms. The smallest absolute Gasteiger partial charge is 0.321 e. The third-order valence-corrected chi connectivity index (χ3v) is 3.94. The minimum atomic E-state index is -1.21. The summed E-state index contributed by atoms with van der Waals surface area (Å²) in [7, 11) is 0. The van der Waals surface area contributed by atoms with E-state index >= 15 is 0 Å². The van der Waals surface area contributed by atoms with Crippen LogP contribution in [0, 0.1) is 0 Å². The van der Waals surface area contributed by atoms with Crippen LogP contribution >= 0.6 is 11.8 Å². The van der Waals surface area contributed by atoms with Crippen molar-refractivity contribution in [2.75, 3.05) is 5.75 Å². The predicted octanol–water partition coefficient (Wildman–Crippen LogP) is -0.444. The number of rotatable bonds is 7. The molecule has 8 nitrogen and oxygen atoms in total. The van der Waals surface area contributed by atoms with Crippen molar-refractivity contribution in [1.29, 1.82) is 0 Å². The Morgan fingerprint density at radius 1 is 1.10 bits per heavy atom. The summed E-state index contributed by atoms with van der Waals surface area (Å²) in [4.78, 5) is 21.6. The van der Waals surface area contributed by atoms with Crippen LogP contribution in [0.3, 0.4) is 0 Å². The molecule has 1 aromatic carbocycles. The van der Waals surface area contributed by atoms with Crippen molar-refractivity contribution in [2.24, 2.45) is 11.5 Å². The number of hydrogen-bond acceptors (Lipinski definition) is 7. The molecule has 0 radical (unpaired) electrons. The Kier molecular flexibility index (Phi) is 5.82. The van der Waals surface area contributed by atoms with Crippen molar-refractivity contribution in [3.8, 4) is 11.5 Å². The van der Waals surface area contributed by atoms with Gasteiger partial charge in [-0.1, -0.05) is 6.07 Å². The summed E-state index contributed by atoms with van der Waals surface area (Å²) >= 11 is 0.914. The van der Waals surface area contributed by atoms with Crippen LogP contribution < -0.4 is 11.5 Å². The first-order chi connectivity index (χ1) is 9.73. The molecule has 0 spiro atoms. The molecule has 0 saturated heterocycles. The van der Waals surface area contributed by atoms with Gasteiger partial charge in [0.05, 0.1) is 4.90 Å². The second-order valence-corrected chi connectivity index (χ2v) is 5.36. The van der Waals surface area contributed by atoms with Crippen molar-refractivity contribution in [3.63, 3.8) is 0 Å². The third kappa shape index (κ3) is 4.52. The van der Waals surface area contributed by atoms with Gasteiger partial charge >= 0.3 is 11.9 Å². The standard InChI is InChI=1S/C12H16N2O6S/c13-6(11(17)18)3-5-1-2-8(15)9(16)10(5)21-4-7(14)12(19)20/h1-2,6-7,15-16H,3-4,13-14H2,(H,17,18)(H,19,20)/t6-,7?/m0/s1. The molecule has 0 aliphatic rings. The highest BCUT2D eigenvalue weighted by Gasteiger charge is 2.20. The van der Waals surface area contributed by atoms with Crippen LogP contribution in [-0.2, 0) is 16.0 Å². The van der Waals surface area contributed by atoms with E-state index < -0.39 is 35.5 Å². The Balaban J connectivity index is 3.00. The van der Waals surface area contributed by atoms with E-state index in [2.05, 4.69) is 0 Å². The molecule has 1 rings (SSSR count). The fraction of sp³-hybridized carbons (Fsp3) is 0.333. The first-order valence-corrected chi connectivity index (χ1v) is 6.86. The van der Waals surface area contributed by atoms with Gasteiger partial charge in [-0.25, -0.2) is 0 Å². The quantitative estimate of drug-likeness (QED) is 0.288. The topological polar surface area (TPSA) is 167 Å². The number of aliphatic carboxylic acids is 2. The maximum absolute atomic E-state index is 10.8. The van der Waals surface area contributed by atoms with Crippen LogP contribution in [0.2, 0.25) is 0 Å². The van der Waals surface area contributed by atoms with Crippen LogP contribution in [0.1, 0.15) is 5.56 Å². The minimum absolute atomic E-state index is 0.0539. The van der Waals surface area contributed by atoms with Gasteiger partial charge in [0.2, 0.25) is 0 Å². The molecule has 2 atom stereocenters. The van der Waals surface area contributed by atoms with Gasteiger partial charge in [-0.3, -0.25) is 9.59 Å². The molecule has 8 N–H and O–H groups in total. The summed E-state index contributed by atoms with van der Waals surface area (Å²) in [6.45, 7) is 0. The summed E-state index contributed by atoms with van der Waals surface area (Å²) in [5, 5.41) is 36.8. The van der Waals surface area contributed by atoms with Crippen molar-refractivity contribution >= 4 is 23.7 Å². The monoisotopic (exact) mass is 316 g/mol. The highest BCUT2D eigenvalue weighted by molar-refractivity contribution is 7.99. The van der Waals surface area contributed by atoms with Gasteiger partial charge in [0, 0.05) is 5.75 Å².